The van der Waals surface area contributed by atoms with Crippen LogP contribution in [-0.4, -0.2) is 42.5 Å². The van der Waals surface area contributed by atoms with Crippen molar-refractivity contribution in [3.05, 3.63) is 30.0 Å². The van der Waals surface area contributed by atoms with Gasteiger partial charge in [0.2, 0.25) is 0 Å². The number of ether oxygens (including phenoxy) is 1. The van der Waals surface area contributed by atoms with Gasteiger partial charge in [-0.2, -0.15) is 18.3 Å². The number of imidazole rings is 1. The van der Waals surface area contributed by atoms with Crippen molar-refractivity contribution in [1.82, 2.24) is 24.1 Å². The van der Waals surface area contributed by atoms with Crippen molar-refractivity contribution in [1.29, 1.82) is 0 Å². The fourth-order valence-electron chi connectivity index (χ4n) is 2.54. The molecule has 27 heavy (non-hydrogen) atoms. The summed E-state index contributed by atoms with van der Waals surface area (Å²) in [7, 11) is 1.61. The van der Waals surface area contributed by atoms with E-state index >= 15 is 0 Å². The Morgan fingerprint density at radius 2 is 2.07 bits per heavy atom. The van der Waals surface area contributed by atoms with E-state index in [1.165, 1.54) is 27.0 Å². The summed E-state index contributed by atoms with van der Waals surface area (Å²) in [5, 5.41) is 4.35. The summed E-state index contributed by atoms with van der Waals surface area (Å²) in [5.41, 5.74) is 0.0967. The third-order valence-electron chi connectivity index (χ3n) is 3.64. The van der Waals surface area contributed by atoms with Crippen molar-refractivity contribution < 1.29 is 22.7 Å². The third kappa shape index (κ3) is 3.64. The van der Waals surface area contributed by atoms with Gasteiger partial charge in [0.05, 0.1) is 11.5 Å². The Balaban J connectivity index is 2.13. The standard InChI is InChI=1S/C16H16F3N5O2S/c1-4-26-15(25)13-14(27-5-2)12(22-23(13)3)9-7-24-8-20-10(16(17,18)19)6-11(24)21-9/h6-8H,4-5H2,1-3H3. The Labute approximate surface area is 156 Å². The van der Waals surface area contributed by atoms with Crippen LogP contribution in [0.1, 0.15) is 30.0 Å². The van der Waals surface area contributed by atoms with Crippen molar-refractivity contribution in [2.45, 2.75) is 24.9 Å². The van der Waals surface area contributed by atoms with E-state index < -0.39 is 17.8 Å². The zero-order valence-corrected chi connectivity index (χ0v) is 15.6. The number of nitrogens with zero attached hydrogens (tertiary/aromatic N) is 5. The van der Waals surface area contributed by atoms with Crippen LogP contribution >= 0.6 is 11.8 Å². The van der Waals surface area contributed by atoms with Crippen molar-refractivity contribution in [3.8, 4) is 11.4 Å². The fourth-order valence-corrected chi connectivity index (χ4v) is 3.46. The van der Waals surface area contributed by atoms with E-state index in [0.717, 1.165) is 12.4 Å². The molecular weight excluding hydrogens is 383 g/mol. The molecule has 0 spiro atoms. The van der Waals surface area contributed by atoms with Crippen LogP contribution in [0.4, 0.5) is 13.2 Å². The normalized spacial score (nSPS) is 11.9. The molecule has 0 N–H and O–H groups in total. The number of aryl methyl sites for hydroxylation is 1. The van der Waals surface area contributed by atoms with Gasteiger partial charge in [-0.15, -0.1) is 11.8 Å². The minimum Gasteiger partial charge on any atom is -0.461 e. The molecule has 0 fully saturated rings. The quantitative estimate of drug-likeness (QED) is 0.483. The summed E-state index contributed by atoms with van der Waals surface area (Å²) in [6, 6.07) is 0.866. The molecule has 0 amide bonds. The summed E-state index contributed by atoms with van der Waals surface area (Å²) in [4.78, 5) is 20.5. The van der Waals surface area contributed by atoms with Gasteiger partial charge < -0.3 is 4.74 Å². The second-order valence-corrected chi connectivity index (χ2v) is 6.74. The lowest BCUT2D eigenvalue weighted by Crippen LogP contribution is -2.11. The Bertz CT molecular complexity index is 996. The summed E-state index contributed by atoms with van der Waals surface area (Å²) in [6.45, 7) is 3.84. The van der Waals surface area contributed by atoms with Gasteiger partial charge in [-0.05, 0) is 12.7 Å². The molecule has 144 valence electrons. The van der Waals surface area contributed by atoms with Crippen molar-refractivity contribution in [2.24, 2.45) is 7.05 Å². The molecule has 3 aromatic heterocycles. The van der Waals surface area contributed by atoms with Crippen molar-refractivity contribution in [3.63, 3.8) is 0 Å². The summed E-state index contributed by atoms with van der Waals surface area (Å²) >= 11 is 1.39. The molecule has 0 radical (unpaired) electrons. The average molecular weight is 399 g/mol. The molecule has 7 nitrogen and oxygen atoms in total. The average Bonchev–Trinajstić information content (AvgIpc) is 3.14. The highest BCUT2D eigenvalue weighted by Gasteiger charge is 2.33. The van der Waals surface area contributed by atoms with E-state index in [-0.39, 0.29) is 17.9 Å². The summed E-state index contributed by atoms with van der Waals surface area (Å²) in [6.07, 6.45) is -1.98. The highest BCUT2D eigenvalue weighted by atomic mass is 32.2. The fraction of sp³-hybridized carbons (Fsp3) is 0.375. The van der Waals surface area contributed by atoms with Gasteiger partial charge in [-0.25, -0.2) is 14.8 Å². The van der Waals surface area contributed by atoms with E-state index in [9.17, 15) is 18.0 Å². The van der Waals surface area contributed by atoms with E-state index in [0.29, 0.717) is 22.0 Å². The number of esters is 1. The van der Waals surface area contributed by atoms with Gasteiger partial charge in [0.15, 0.2) is 5.69 Å². The number of carbonyl (C=O) groups is 1. The predicted octanol–water partition coefficient (Wildman–Crippen LogP) is 3.44. The van der Waals surface area contributed by atoms with Crippen LogP contribution in [0.2, 0.25) is 0 Å². The first-order chi connectivity index (χ1) is 12.8. The number of hydrogen-bond acceptors (Lipinski definition) is 6. The zero-order valence-electron chi connectivity index (χ0n) is 14.7. The molecule has 0 unspecified atom stereocenters. The maximum absolute atomic E-state index is 12.9. The molecule has 0 saturated carbocycles. The topological polar surface area (TPSA) is 74.3 Å². The van der Waals surface area contributed by atoms with Crippen LogP contribution in [0.15, 0.2) is 23.5 Å². The number of thioether (sulfide) groups is 1. The molecule has 3 rings (SSSR count). The molecule has 3 aromatic rings. The second kappa shape index (κ2) is 7.22. The van der Waals surface area contributed by atoms with Crippen LogP contribution in [0.25, 0.3) is 17.0 Å². The number of fused-ring (bicyclic) bond motifs is 1. The maximum Gasteiger partial charge on any atom is 0.433 e. The van der Waals surface area contributed by atoms with E-state index in [1.54, 1.807) is 14.0 Å². The van der Waals surface area contributed by atoms with Gasteiger partial charge in [-0.1, -0.05) is 6.92 Å². The third-order valence-corrected chi connectivity index (χ3v) is 4.61. The molecule has 3 heterocycles. The van der Waals surface area contributed by atoms with Crippen LogP contribution in [0.5, 0.6) is 0 Å². The zero-order chi connectivity index (χ0) is 19.8. The first-order valence-electron chi connectivity index (χ1n) is 8.05. The molecular formula is C16H16F3N5O2S. The predicted molar refractivity (Wildman–Crippen MR) is 92.5 cm³/mol. The number of halogens is 3. The molecule has 0 atom stereocenters. The number of rotatable bonds is 5. The molecule has 0 aliphatic carbocycles. The molecule has 11 heteroatoms. The Hall–Kier alpha value is -2.56. The largest absolute Gasteiger partial charge is 0.461 e. The highest BCUT2D eigenvalue weighted by molar-refractivity contribution is 7.99. The van der Waals surface area contributed by atoms with Gasteiger partial charge >= 0.3 is 12.1 Å². The first-order valence-corrected chi connectivity index (χ1v) is 9.04. The highest BCUT2D eigenvalue weighted by Crippen LogP contribution is 2.34. The smallest absolute Gasteiger partial charge is 0.433 e. The number of carbonyl (C=O) groups excluding carboxylic acids is 1. The van der Waals surface area contributed by atoms with Gasteiger partial charge in [0.1, 0.15) is 29.1 Å². The number of aromatic nitrogens is 5. The maximum atomic E-state index is 12.9. The molecule has 0 saturated heterocycles. The molecule has 0 aliphatic rings. The van der Waals surface area contributed by atoms with Crippen molar-refractivity contribution >= 4 is 23.4 Å². The van der Waals surface area contributed by atoms with Crippen LogP contribution < -0.4 is 0 Å². The lowest BCUT2D eigenvalue weighted by molar-refractivity contribution is -0.141. The minimum atomic E-state index is -4.56. The Morgan fingerprint density at radius 3 is 2.70 bits per heavy atom. The molecule has 0 bridgehead atoms. The van der Waals surface area contributed by atoms with Crippen molar-refractivity contribution in [2.75, 3.05) is 12.4 Å². The first kappa shape index (κ1) is 19.2. The summed E-state index contributed by atoms with van der Waals surface area (Å²) in [5.74, 6) is 0.151. The van der Waals surface area contributed by atoms with Crippen LogP contribution in [0.3, 0.4) is 0 Å². The monoisotopic (exact) mass is 399 g/mol. The Morgan fingerprint density at radius 1 is 1.33 bits per heavy atom. The second-order valence-electron chi connectivity index (χ2n) is 5.47. The van der Waals surface area contributed by atoms with Gasteiger partial charge in [-0.3, -0.25) is 9.08 Å². The number of hydrogen-bond donors (Lipinski definition) is 0. The molecule has 0 aliphatic heterocycles. The van der Waals surface area contributed by atoms with Gasteiger partial charge in [0.25, 0.3) is 0 Å². The number of alkyl halides is 3. The lowest BCUT2D eigenvalue weighted by Gasteiger charge is -2.04. The van der Waals surface area contributed by atoms with E-state index in [2.05, 4.69) is 15.1 Å². The lowest BCUT2D eigenvalue weighted by atomic mass is 10.3. The SMILES string of the molecule is CCOC(=O)c1c(SCC)c(-c2cn3cnc(C(F)(F)F)cc3n2)nn1C. The summed E-state index contributed by atoms with van der Waals surface area (Å²) < 4.78 is 46.4. The van der Waals surface area contributed by atoms with E-state index in [1.807, 2.05) is 6.92 Å². The van der Waals surface area contributed by atoms with Crippen LogP contribution in [0, 0.1) is 0 Å². The Kier molecular flexibility index (Phi) is 5.13. The minimum absolute atomic E-state index is 0.0862. The van der Waals surface area contributed by atoms with E-state index in [4.69, 9.17) is 4.74 Å². The van der Waals surface area contributed by atoms with Crippen LogP contribution in [-0.2, 0) is 18.0 Å². The van der Waals surface area contributed by atoms with Gasteiger partial charge in [0, 0.05) is 19.3 Å². The molecule has 0 aromatic carbocycles.